The molecule has 16 heavy (non-hydrogen) atoms. The highest BCUT2D eigenvalue weighted by molar-refractivity contribution is 5.88. The van der Waals surface area contributed by atoms with Gasteiger partial charge in [-0.05, 0) is 24.3 Å². The normalized spacial score (nSPS) is 9.75. The molecule has 0 saturated carbocycles. The van der Waals surface area contributed by atoms with Crippen LogP contribution >= 0.6 is 0 Å². The number of primary amides is 1. The lowest BCUT2D eigenvalue weighted by Gasteiger charge is -2.04. The fourth-order valence-electron chi connectivity index (χ4n) is 1.43. The molecule has 0 aliphatic heterocycles. The standard InChI is InChI=1S/C12H11N3O/c13-12(16)15-10-5-3-4-9(8-10)11-6-1-2-7-14-11/h1-8H,(H3,13,15,16). The highest BCUT2D eigenvalue weighted by atomic mass is 16.2. The number of pyridine rings is 1. The van der Waals surface area contributed by atoms with Crippen molar-refractivity contribution in [2.45, 2.75) is 0 Å². The Hall–Kier alpha value is -2.36. The summed E-state index contributed by atoms with van der Waals surface area (Å²) in [6.07, 6.45) is 1.73. The summed E-state index contributed by atoms with van der Waals surface area (Å²) in [5.74, 6) is 0. The minimum absolute atomic E-state index is 0.571. The number of carbonyl (C=O) groups excluding carboxylic acids is 1. The van der Waals surface area contributed by atoms with Crippen LogP contribution in [0.3, 0.4) is 0 Å². The first kappa shape index (κ1) is 10.2. The molecule has 0 radical (unpaired) electrons. The molecule has 1 aromatic carbocycles. The number of amides is 2. The van der Waals surface area contributed by atoms with E-state index < -0.39 is 6.03 Å². The van der Waals surface area contributed by atoms with Gasteiger partial charge in [0.25, 0.3) is 0 Å². The molecular formula is C12H11N3O. The van der Waals surface area contributed by atoms with Crippen molar-refractivity contribution in [1.29, 1.82) is 0 Å². The third kappa shape index (κ3) is 2.36. The molecule has 0 spiro atoms. The van der Waals surface area contributed by atoms with Gasteiger partial charge in [-0.25, -0.2) is 4.79 Å². The molecule has 80 valence electrons. The Balaban J connectivity index is 2.33. The van der Waals surface area contributed by atoms with Gasteiger partial charge in [-0.3, -0.25) is 4.98 Å². The van der Waals surface area contributed by atoms with Gasteiger partial charge in [-0.2, -0.15) is 0 Å². The predicted molar refractivity (Wildman–Crippen MR) is 62.9 cm³/mol. The van der Waals surface area contributed by atoms with E-state index >= 15 is 0 Å². The second-order valence-electron chi connectivity index (χ2n) is 3.29. The molecule has 0 bridgehead atoms. The first-order chi connectivity index (χ1) is 7.75. The largest absolute Gasteiger partial charge is 0.351 e. The molecule has 1 aromatic heterocycles. The summed E-state index contributed by atoms with van der Waals surface area (Å²) in [7, 11) is 0. The number of hydrogen-bond donors (Lipinski definition) is 2. The van der Waals surface area contributed by atoms with Crippen LogP contribution in [-0.4, -0.2) is 11.0 Å². The highest BCUT2D eigenvalue weighted by Crippen LogP contribution is 2.20. The average Bonchev–Trinajstić information content (AvgIpc) is 2.30. The van der Waals surface area contributed by atoms with Gasteiger partial charge in [0.1, 0.15) is 0 Å². The fraction of sp³-hybridized carbons (Fsp3) is 0. The molecule has 4 heteroatoms. The maximum Gasteiger partial charge on any atom is 0.316 e. The summed E-state index contributed by atoms with van der Waals surface area (Å²) in [6.45, 7) is 0. The summed E-state index contributed by atoms with van der Waals surface area (Å²) >= 11 is 0. The number of rotatable bonds is 2. The van der Waals surface area contributed by atoms with Crippen LogP contribution in [0.2, 0.25) is 0 Å². The summed E-state index contributed by atoms with van der Waals surface area (Å²) < 4.78 is 0. The van der Waals surface area contributed by atoms with Gasteiger partial charge in [0.05, 0.1) is 5.69 Å². The van der Waals surface area contributed by atoms with E-state index in [1.54, 1.807) is 12.3 Å². The molecule has 2 amide bonds. The maximum absolute atomic E-state index is 10.7. The lowest BCUT2D eigenvalue weighted by molar-refractivity contribution is 0.259. The molecule has 0 fully saturated rings. The number of anilines is 1. The van der Waals surface area contributed by atoms with E-state index in [1.165, 1.54) is 0 Å². The van der Waals surface area contributed by atoms with E-state index in [0.29, 0.717) is 5.69 Å². The van der Waals surface area contributed by atoms with E-state index in [9.17, 15) is 4.79 Å². The molecular weight excluding hydrogens is 202 g/mol. The molecule has 2 rings (SSSR count). The molecule has 4 nitrogen and oxygen atoms in total. The first-order valence-corrected chi connectivity index (χ1v) is 4.83. The van der Waals surface area contributed by atoms with Crippen LogP contribution in [0.5, 0.6) is 0 Å². The number of hydrogen-bond acceptors (Lipinski definition) is 2. The Labute approximate surface area is 93.1 Å². The van der Waals surface area contributed by atoms with Crippen LogP contribution < -0.4 is 11.1 Å². The zero-order valence-electron chi connectivity index (χ0n) is 8.55. The molecule has 3 N–H and O–H groups in total. The summed E-state index contributed by atoms with van der Waals surface area (Å²) in [5.41, 5.74) is 7.50. The summed E-state index contributed by atoms with van der Waals surface area (Å²) in [4.78, 5) is 14.9. The van der Waals surface area contributed by atoms with Gasteiger partial charge >= 0.3 is 6.03 Å². The van der Waals surface area contributed by atoms with Crippen molar-refractivity contribution in [1.82, 2.24) is 4.98 Å². The fourth-order valence-corrected chi connectivity index (χ4v) is 1.43. The lowest BCUT2D eigenvalue weighted by atomic mass is 10.1. The van der Waals surface area contributed by atoms with Gasteiger partial charge in [-0.15, -0.1) is 0 Å². The van der Waals surface area contributed by atoms with E-state index in [1.807, 2.05) is 36.4 Å². The molecule has 2 aromatic rings. The Morgan fingerprint density at radius 3 is 2.75 bits per heavy atom. The van der Waals surface area contributed by atoms with Crippen molar-refractivity contribution in [3.05, 3.63) is 48.7 Å². The Morgan fingerprint density at radius 1 is 1.19 bits per heavy atom. The molecule has 0 atom stereocenters. The van der Waals surface area contributed by atoms with Gasteiger partial charge in [0, 0.05) is 17.4 Å². The minimum atomic E-state index is -0.571. The van der Waals surface area contributed by atoms with Crippen LogP contribution in [0.25, 0.3) is 11.3 Å². The van der Waals surface area contributed by atoms with Crippen LogP contribution in [0.4, 0.5) is 10.5 Å². The minimum Gasteiger partial charge on any atom is -0.351 e. The van der Waals surface area contributed by atoms with Crippen molar-refractivity contribution in [3.63, 3.8) is 0 Å². The monoisotopic (exact) mass is 213 g/mol. The van der Waals surface area contributed by atoms with Crippen molar-refractivity contribution in [3.8, 4) is 11.3 Å². The van der Waals surface area contributed by atoms with Crippen LogP contribution in [-0.2, 0) is 0 Å². The zero-order chi connectivity index (χ0) is 11.4. The molecule has 0 aliphatic rings. The van der Waals surface area contributed by atoms with Gasteiger partial charge in [0.2, 0.25) is 0 Å². The summed E-state index contributed by atoms with van der Waals surface area (Å²) in [5, 5.41) is 2.53. The number of nitrogens with two attached hydrogens (primary N) is 1. The Kier molecular flexibility index (Phi) is 2.82. The lowest BCUT2D eigenvalue weighted by Crippen LogP contribution is -2.19. The van der Waals surface area contributed by atoms with E-state index in [2.05, 4.69) is 10.3 Å². The second kappa shape index (κ2) is 4.44. The van der Waals surface area contributed by atoms with Crippen LogP contribution in [0.15, 0.2) is 48.7 Å². The third-order valence-corrected chi connectivity index (χ3v) is 2.09. The quantitative estimate of drug-likeness (QED) is 0.803. The number of urea groups is 1. The predicted octanol–water partition coefficient (Wildman–Crippen LogP) is 2.24. The first-order valence-electron chi connectivity index (χ1n) is 4.83. The van der Waals surface area contributed by atoms with Gasteiger partial charge < -0.3 is 11.1 Å². The number of benzene rings is 1. The zero-order valence-corrected chi connectivity index (χ0v) is 8.55. The van der Waals surface area contributed by atoms with Gasteiger partial charge in [-0.1, -0.05) is 18.2 Å². The van der Waals surface area contributed by atoms with E-state index in [0.717, 1.165) is 11.3 Å². The Morgan fingerprint density at radius 2 is 2.06 bits per heavy atom. The number of nitrogens with one attached hydrogen (secondary N) is 1. The van der Waals surface area contributed by atoms with Crippen LogP contribution in [0.1, 0.15) is 0 Å². The topological polar surface area (TPSA) is 68.0 Å². The number of carbonyl (C=O) groups is 1. The summed E-state index contributed by atoms with van der Waals surface area (Å²) in [6, 6.07) is 12.5. The van der Waals surface area contributed by atoms with Crippen molar-refractivity contribution >= 4 is 11.7 Å². The number of aromatic nitrogens is 1. The SMILES string of the molecule is NC(=O)Nc1cccc(-c2ccccn2)c1. The van der Waals surface area contributed by atoms with Gasteiger partial charge in [0.15, 0.2) is 0 Å². The van der Waals surface area contributed by atoms with E-state index in [-0.39, 0.29) is 0 Å². The second-order valence-corrected chi connectivity index (χ2v) is 3.29. The van der Waals surface area contributed by atoms with Crippen molar-refractivity contribution < 1.29 is 4.79 Å². The highest BCUT2D eigenvalue weighted by Gasteiger charge is 2.00. The maximum atomic E-state index is 10.7. The average molecular weight is 213 g/mol. The molecule has 1 heterocycles. The van der Waals surface area contributed by atoms with Crippen molar-refractivity contribution in [2.24, 2.45) is 5.73 Å². The van der Waals surface area contributed by atoms with Crippen molar-refractivity contribution in [2.75, 3.05) is 5.32 Å². The molecule has 0 saturated heterocycles. The van der Waals surface area contributed by atoms with Crippen LogP contribution in [0, 0.1) is 0 Å². The molecule has 0 aliphatic carbocycles. The smallest absolute Gasteiger partial charge is 0.316 e. The molecule has 0 unspecified atom stereocenters. The van der Waals surface area contributed by atoms with E-state index in [4.69, 9.17) is 5.73 Å². The number of nitrogens with zero attached hydrogens (tertiary/aromatic N) is 1. The third-order valence-electron chi connectivity index (χ3n) is 2.09. The Bertz CT molecular complexity index is 497.